The fourth-order valence-electron chi connectivity index (χ4n) is 7.55. The highest BCUT2D eigenvalue weighted by Gasteiger charge is 2.62. The zero-order valence-electron chi connectivity index (χ0n) is 16.6. The van der Waals surface area contributed by atoms with E-state index in [-0.39, 0.29) is 26.3 Å². The summed E-state index contributed by atoms with van der Waals surface area (Å²) in [5.41, 5.74) is 0.201. The van der Waals surface area contributed by atoms with Crippen LogP contribution in [0.4, 0.5) is 0 Å². The third-order valence-corrected chi connectivity index (χ3v) is 10.2. The second kappa shape index (κ2) is 6.18. The van der Waals surface area contributed by atoms with Gasteiger partial charge in [0.05, 0.1) is 3.42 Å². The van der Waals surface area contributed by atoms with E-state index >= 15 is 0 Å². The summed E-state index contributed by atoms with van der Waals surface area (Å²) >= 11 is 2.54. The summed E-state index contributed by atoms with van der Waals surface area (Å²) in [6, 6.07) is 0. The summed E-state index contributed by atoms with van der Waals surface area (Å²) in [6.45, 7) is 8.54. The lowest BCUT2D eigenvalue weighted by molar-refractivity contribution is -0.166. The van der Waals surface area contributed by atoms with E-state index in [4.69, 9.17) is 4.74 Å². The Morgan fingerprint density at radius 1 is 1.08 bits per heavy atom. The molecule has 0 aromatic carbocycles. The molecule has 4 saturated carbocycles. The number of alkyl halides is 1. The molecule has 3 unspecified atom stereocenters. The number of esters is 1. The molecule has 0 spiro atoms. The Morgan fingerprint density at radius 2 is 1.81 bits per heavy atom. The first-order valence-corrected chi connectivity index (χ1v) is 11.6. The second-order valence-corrected chi connectivity index (χ2v) is 12.8. The van der Waals surface area contributed by atoms with Crippen molar-refractivity contribution in [3.8, 4) is 0 Å². The molecule has 0 aliphatic heterocycles. The average molecular weight is 472 g/mol. The highest BCUT2D eigenvalue weighted by atomic mass is 127. The molecule has 8 atom stereocenters. The first-order chi connectivity index (χ1) is 12.1. The van der Waals surface area contributed by atoms with Crippen molar-refractivity contribution < 1.29 is 14.3 Å². The van der Waals surface area contributed by atoms with Gasteiger partial charge >= 0.3 is 5.97 Å². The van der Waals surface area contributed by atoms with Gasteiger partial charge in [-0.1, -0.05) is 36.4 Å². The number of Topliss-reactive ketones (excluding diaryl/α,β-unsaturated/α-hetero) is 1. The highest BCUT2D eigenvalue weighted by Crippen LogP contribution is 2.67. The lowest BCUT2D eigenvalue weighted by Crippen LogP contribution is -2.58. The Morgan fingerprint density at radius 3 is 2.50 bits per heavy atom. The minimum Gasteiger partial charge on any atom is -0.461 e. The predicted molar refractivity (Wildman–Crippen MR) is 110 cm³/mol. The van der Waals surface area contributed by atoms with Crippen molar-refractivity contribution >= 4 is 34.3 Å². The first-order valence-electron chi connectivity index (χ1n) is 10.5. The van der Waals surface area contributed by atoms with Gasteiger partial charge < -0.3 is 4.74 Å². The third kappa shape index (κ3) is 2.71. The summed E-state index contributed by atoms with van der Waals surface area (Å²) in [5.74, 6) is 3.07. The fourth-order valence-corrected chi connectivity index (χ4v) is 8.43. The topological polar surface area (TPSA) is 43.4 Å². The van der Waals surface area contributed by atoms with Gasteiger partial charge in [0.15, 0.2) is 0 Å². The smallest absolute Gasteiger partial charge is 0.302 e. The molecule has 4 rings (SSSR count). The van der Waals surface area contributed by atoms with Crippen molar-refractivity contribution in [2.24, 2.45) is 34.5 Å². The van der Waals surface area contributed by atoms with Crippen molar-refractivity contribution in [3.63, 3.8) is 0 Å². The van der Waals surface area contributed by atoms with Crippen LogP contribution in [0.25, 0.3) is 0 Å². The van der Waals surface area contributed by atoms with E-state index in [1.807, 2.05) is 0 Å². The molecule has 4 aliphatic rings. The molecule has 0 bridgehead atoms. The third-order valence-electron chi connectivity index (χ3n) is 9.02. The molecule has 3 nitrogen and oxygen atoms in total. The van der Waals surface area contributed by atoms with Crippen LogP contribution in [0.5, 0.6) is 0 Å². The molecule has 26 heavy (non-hydrogen) atoms. The predicted octanol–water partition coefficient (Wildman–Crippen LogP) is 5.33. The standard InChI is InChI=1S/C22H33IO3/c1-13(24)26-19-12-21(3)14(11-22(19,4)23)5-6-15-16-7-8-18(25)20(16,2)10-9-17(15)21/h14-17,19H,5-12H2,1-4H3/t14?,15-,16-,17+,19?,20-,21-,22?/m0/s1. The number of halogens is 1. The Kier molecular flexibility index (Phi) is 4.57. The number of carbonyl (C=O) groups is 2. The van der Waals surface area contributed by atoms with Gasteiger partial charge in [-0.15, -0.1) is 0 Å². The number of rotatable bonds is 1. The monoisotopic (exact) mass is 472 g/mol. The van der Waals surface area contributed by atoms with Crippen LogP contribution in [-0.2, 0) is 14.3 Å². The Labute approximate surface area is 171 Å². The molecule has 0 saturated heterocycles. The Hall–Kier alpha value is -0.130. The maximum Gasteiger partial charge on any atom is 0.302 e. The van der Waals surface area contributed by atoms with Crippen LogP contribution in [0.15, 0.2) is 0 Å². The van der Waals surface area contributed by atoms with Crippen LogP contribution in [0, 0.1) is 34.5 Å². The van der Waals surface area contributed by atoms with Gasteiger partial charge in [0.2, 0.25) is 0 Å². The normalized spacial score (nSPS) is 53.4. The van der Waals surface area contributed by atoms with Gasteiger partial charge in [0.25, 0.3) is 0 Å². The van der Waals surface area contributed by atoms with Gasteiger partial charge in [-0.3, -0.25) is 9.59 Å². The Balaban J connectivity index is 1.63. The molecule has 0 amide bonds. The fraction of sp³-hybridized carbons (Fsp3) is 0.909. The lowest BCUT2D eigenvalue weighted by atomic mass is 9.44. The molecular formula is C22H33IO3. The van der Waals surface area contributed by atoms with Gasteiger partial charge in [0, 0.05) is 18.8 Å². The molecule has 0 radical (unpaired) electrons. The first kappa shape index (κ1) is 19.2. The van der Waals surface area contributed by atoms with Crippen LogP contribution in [0.2, 0.25) is 0 Å². The van der Waals surface area contributed by atoms with Crippen LogP contribution in [-0.4, -0.2) is 21.3 Å². The summed E-state index contributed by atoms with van der Waals surface area (Å²) in [7, 11) is 0. The van der Waals surface area contributed by atoms with Crippen LogP contribution >= 0.6 is 22.6 Å². The number of ether oxygens (including phenoxy) is 1. The summed E-state index contributed by atoms with van der Waals surface area (Å²) in [6.07, 6.45) is 8.88. The minimum absolute atomic E-state index is 0.0131. The van der Waals surface area contributed by atoms with E-state index in [0.29, 0.717) is 23.5 Å². The maximum absolute atomic E-state index is 12.6. The zero-order valence-corrected chi connectivity index (χ0v) is 18.8. The number of hydrogen-bond acceptors (Lipinski definition) is 3. The number of hydrogen-bond donors (Lipinski definition) is 0. The second-order valence-electron chi connectivity index (χ2n) is 10.4. The summed E-state index contributed by atoms with van der Waals surface area (Å²) in [4.78, 5) is 24.3. The van der Waals surface area contributed by atoms with Crippen molar-refractivity contribution in [2.45, 2.75) is 88.6 Å². The summed E-state index contributed by atoms with van der Waals surface area (Å²) in [5, 5.41) is 0. The molecular weight excluding hydrogens is 439 g/mol. The van der Waals surface area contributed by atoms with Crippen molar-refractivity contribution in [3.05, 3.63) is 0 Å². The number of fused-ring (bicyclic) bond motifs is 5. The minimum atomic E-state index is -0.148. The average Bonchev–Trinajstić information content (AvgIpc) is 2.84. The molecule has 0 heterocycles. The Bertz CT molecular complexity index is 629. The van der Waals surface area contributed by atoms with E-state index in [1.54, 1.807) is 6.92 Å². The van der Waals surface area contributed by atoms with Crippen molar-refractivity contribution in [1.29, 1.82) is 0 Å². The maximum atomic E-state index is 12.6. The van der Waals surface area contributed by atoms with E-state index in [2.05, 4.69) is 43.4 Å². The number of ketones is 1. The zero-order chi connectivity index (χ0) is 18.9. The molecule has 4 aliphatic carbocycles. The molecule has 4 fully saturated rings. The largest absolute Gasteiger partial charge is 0.461 e. The van der Waals surface area contributed by atoms with E-state index in [0.717, 1.165) is 38.0 Å². The van der Waals surface area contributed by atoms with Gasteiger partial charge in [-0.2, -0.15) is 0 Å². The number of carbonyl (C=O) groups excluding carboxylic acids is 2. The van der Waals surface area contributed by atoms with Gasteiger partial charge in [-0.05, 0) is 81.0 Å². The van der Waals surface area contributed by atoms with E-state index < -0.39 is 0 Å². The molecule has 0 aromatic heterocycles. The van der Waals surface area contributed by atoms with E-state index in [1.165, 1.54) is 19.3 Å². The highest BCUT2D eigenvalue weighted by molar-refractivity contribution is 14.1. The molecule has 146 valence electrons. The summed E-state index contributed by atoms with van der Waals surface area (Å²) < 4.78 is 5.86. The SMILES string of the molecule is CC(=O)OC1C[C@@]2(C)C(CC[C@@H]3[C@H]2CC[C@]2(C)C(=O)CC[C@@H]32)CC1(C)I. The molecule has 0 aromatic rings. The van der Waals surface area contributed by atoms with E-state index in [9.17, 15) is 9.59 Å². The molecule has 0 N–H and O–H groups in total. The van der Waals surface area contributed by atoms with Gasteiger partial charge in [-0.25, -0.2) is 0 Å². The van der Waals surface area contributed by atoms with Gasteiger partial charge in [0.1, 0.15) is 11.9 Å². The van der Waals surface area contributed by atoms with Crippen molar-refractivity contribution in [2.75, 3.05) is 0 Å². The van der Waals surface area contributed by atoms with Crippen LogP contribution in [0.3, 0.4) is 0 Å². The van der Waals surface area contributed by atoms with Crippen LogP contribution in [0.1, 0.15) is 79.1 Å². The van der Waals surface area contributed by atoms with Crippen molar-refractivity contribution in [1.82, 2.24) is 0 Å². The quantitative estimate of drug-likeness (QED) is 0.294. The molecule has 4 heteroatoms. The van der Waals surface area contributed by atoms with Crippen LogP contribution < -0.4 is 0 Å². The lowest BCUT2D eigenvalue weighted by Gasteiger charge is -2.62.